The molecule has 6 atom stereocenters. The topological polar surface area (TPSA) is 81.2 Å². The molecule has 1 aromatic carbocycles. The van der Waals surface area contributed by atoms with Crippen molar-refractivity contribution in [2.75, 3.05) is 31.1 Å². The van der Waals surface area contributed by atoms with Crippen LogP contribution in [0.5, 0.6) is 0 Å². The fourth-order valence-corrected chi connectivity index (χ4v) is 9.34. The Morgan fingerprint density at radius 3 is 2.50 bits per heavy atom. The van der Waals surface area contributed by atoms with Gasteiger partial charge in [-0.25, -0.2) is 0 Å². The summed E-state index contributed by atoms with van der Waals surface area (Å²) in [5.41, 5.74) is 2.80. The maximum Gasteiger partial charge on any atom is 0.251 e. The van der Waals surface area contributed by atoms with Gasteiger partial charge in [0, 0.05) is 30.6 Å². The number of thioether (sulfide) groups is 1. The average Bonchev–Trinajstić information content (AvgIpc) is 3.56. The van der Waals surface area contributed by atoms with E-state index < -0.39 is 28.7 Å². The summed E-state index contributed by atoms with van der Waals surface area (Å²) in [6, 6.07) is 4.72. The predicted molar refractivity (Wildman–Crippen MR) is 162 cm³/mol. The Kier molecular flexibility index (Phi) is 9.20. The highest BCUT2D eigenvalue weighted by atomic mass is 32.2. The molecule has 2 unspecified atom stereocenters. The first kappa shape index (κ1) is 30.4. The fourth-order valence-electron chi connectivity index (χ4n) is 7.15. The molecule has 40 heavy (non-hydrogen) atoms. The number of aliphatic hydroxyl groups excluding tert-OH is 1. The van der Waals surface area contributed by atoms with Crippen molar-refractivity contribution in [1.29, 1.82) is 0 Å². The lowest BCUT2D eigenvalue weighted by Crippen LogP contribution is -2.58. The molecule has 3 fully saturated rings. The van der Waals surface area contributed by atoms with Gasteiger partial charge in [-0.15, -0.1) is 24.9 Å². The van der Waals surface area contributed by atoms with Crippen molar-refractivity contribution in [3.63, 3.8) is 0 Å². The van der Waals surface area contributed by atoms with Crippen LogP contribution < -0.4 is 4.90 Å². The van der Waals surface area contributed by atoms with Crippen LogP contribution in [0.1, 0.15) is 51.2 Å². The third kappa shape index (κ3) is 4.91. The molecule has 2 bridgehead atoms. The van der Waals surface area contributed by atoms with Crippen LogP contribution in [0, 0.1) is 31.6 Å². The first-order valence-corrected chi connectivity index (χ1v) is 15.5. The van der Waals surface area contributed by atoms with E-state index in [0.29, 0.717) is 26.1 Å². The van der Waals surface area contributed by atoms with E-state index in [1.807, 2.05) is 57.7 Å². The number of carbonyl (C=O) groups is 3. The van der Waals surface area contributed by atoms with E-state index in [2.05, 4.69) is 13.2 Å². The van der Waals surface area contributed by atoms with Gasteiger partial charge in [0.25, 0.3) is 5.91 Å². The van der Waals surface area contributed by atoms with E-state index in [-0.39, 0.29) is 35.5 Å². The van der Waals surface area contributed by atoms with E-state index >= 15 is 0 Å². The van der Waals surface area contributed by atoms with Gasteiger partial charge in [-0.2, -0.15) is 0 Å². The maximum atomic E-state index is 14.8. The molecule has 3 amide bonds. The Bertz CT molecular complexity index is 1170. The second-order valence-electron chi connectivity index (χ2n) is 11.9. The van der Waals surface area contributed by atoms with Gasteiger partial charge >= 0.3 is 0 Å². The Balaban J connectivity index is 1.85. The standard InChI is InChI=1S/C32H45N3O4S/c1-8-15-33(16-9-2)29(37)26-25-13-14-32(40-25)27(26)30(38)35(24(19-36)20(4)5)28(32)31(39)34(17-10-3)23-18-21(6)11-12-22(23)7/h8,10-12,18,20,24-28,36H,1,3,9,13-17,19H2,2,4-7H3/t24-,25+,26-,27-,28?,32?/m0/s1. The van der Waals surface area contributed by atoms with Crippen molar-refractivity contribution in [3.8, 4) is 0 Å². The molecule has 0 radical (unpaired) electrons. The number of benzene rings is 1. The summed E-state index contributed by atoms with van der Waals surface area (Å²) in [6.45, 7) is 18.8. The third-order valence-corrected chi connectivity index (χ3v) is 10.9. The minimum absolute atomic E-state index is 0.0109. The van der Waals surface area contributed by atoms with Gasteiger partial charge in [-0.1, -0.05) is 45.1 Å². The number of hydrogen-bond acceptors (Lipinski definition) is 5. The van der Waals surface area contributed by atoms with Gasteiger partial charge in [0.05, 0.1) is 29.2 Å². The van der Waals surface area contributed by atoms with Crippen molar-refractivity contribution in [2.45, 2.75) is 76.0 Å². The SMILES string of the molecule is C=CCN(CCC)C(=O)[C@@H]1[C@H]2C(=O)N([C@@H](CO)C(C)C)C(C(=O)N(CC=C)c3cc(C)ccc3C)C23CC[C@H]1S3. The van der Waals surface area contributed by atoms with Crippen molar-refractivity contribution in [1.82, 2.24) is 9.80 Å². The molecule has 4 rings (SSSR count). The molecule has 8 heteroatoms. The zero-order valence-corrected chi connectivity index (χ0v) is 25.5. The van der Waals surface area contributed by atoms with E-state index in [1.165, 1.54) is 0 Å². The minimum Gasteiger partial charge on any atom is -0.394 e. The molecule has 3 aliphatic heterocycles. The van der Waals surface area contributed by atoms with Crippen LogP contribution in [0.4, 0.5) is 5.69 Å². The third-order valence-electron chi connectivity index (χ3n) is 8.96. The lowest BCUT2D eigenvalue weighted by atomic mass is 9.70. The van der Waals surface area contributed by atoms with Crippen LogP contribution in [-0.4, -0.2) is 80.9 Å². The molecule has 0 aliphatic carbocycles. The van der Waals surface area contributed by atoms with Crippen LogP contribution in [0.2, 0.25) is 0 Å². The average molecular weight is 568 g/mol. The normalized spacial score (nSPS) is 27.6. The van der Waals surface area contributed by atoms with Crippen LogP contribution in [0.3, 0.4) is 0 Å². The van der Waals surface area contributed by atoms with Gasteiger partial charge < -0.3 is 19.8 Å². The number of nitrogens with zero attached hydrogens (tertiary/aromatic N) is 3. The lowest BCUT2D eigenvalue weighted by molar-refractivity contribution is -0.146. The number of fused-ring (bicyclic) bond motifs is 1. The fraction of sp³-hybridized carbons (Fsp3) is 0.594. The number of aliphatic hydroxyl groups is 1. The lowest BCUT2D eigenvalue weighted by Gasteiger charge is -2.41. The zero-order chi connectivity index (χ0) is 29.4. The highest BCUT2D eigenvalue weighted by molar-refractivity contribution is 8.02. The molecule has 3 heterocycles. The van der Waals surface area contributed by atoms with Crippen molar-refractivity contribution in [3.05, 3.63) is 54.6 Å². The molecule has 1 spiro atoms. The van der Waals surface area contributed by atoms with Gasteiger partial charge in [-0.05, 0) is 56.2 Å². The first-order valence-electron chi connectivity index (χ1n) is 14.6. The molecular weight excluding hydrogens is 522 g/mol. The second kappa shape index (κ2) is 12.1. The first-order chi connectivity index (χ1) is 19.1. The summed E-state index contributed by atoms with van der Waals surface area (Å²) in [7, 11) is 0. The van der Waals surface area contributed by atoms with Crippen LogP contribution in [0.25, 0.3) is 0 Å². The largest absolute Gasteiger partial charge is 0.394 e. The number of hydrogen-bond donors (Lipinski definition) is 1. The highest BCUT2D eigenvalue weighted by Gasteiger charge is 2.74. The smallest absolute Gasteiger partial charge is 0.251 e. The Labute approximate surface area is 243 Å². The summed E-state index contributed by atoms with van der Waals surface area (Å²) in [5.74, 6) is -1.51. The van der Waals surface area contributed by atoms with Crippen molar-refractivity contribution in [2.24, 2.45) is 17.8 Å². The molecule has 7 nitrogen and oxygen atoms in total. The Hall–Kier alpha value is -2.58. The molecule has 218 valence electrons. The summed E-state index contributed by atoms with van der Waals surface area (Å²) in [6.07, 6.45) is 5.73. The van der Waals surface area contributed by atoms with Gasteiger partial charge in [-0.3, -0.25) is 14.4 Å². The summed E-state index contributed by atoms with van der Waals surface area (Å²) < 4.78 is -0.718. The maximum absolute atomic E-state index is 14.8. The molecule has 1 N–H and O–H groups in total. The van der Waals surface area contributed by atoms with Gasteiger partial charge in [0.1, 0.15) is 6.04 Å². The van der Waals surface area contributed by atoms with Crippen LogP contribution >= 0.6 is 11.8 Å². The van der Waals surface area contributed by atoms with E-state index in [4.69, 9.17) is 0 Å². The molecule has 0 saturated carbocycles. The number of rotatable bonds is 12. The number of carbonyl (C=O) groups excluding carboxylic acids is 3. The summed E-state index contributed by atoms with van der Waals surface area (Å²) in [4.78, 5) is 48.6. The number of likely N-dealkylation sites (tertiary alicyclic amines) is 1. The zero-order valence-electron chi connectivity index (χ0n) is 24.6. The van der Waals surface area contributed by atoms with Crippen molar-refractivity contribution >= 4 is 35.2 Å². The summed E-state index contributed by atoms with van der Waals surface area (Å²) >= 11 is 1.67. The molecule has 0 aromatic heterocycles. The van der Waals surface area contributed by atoms with E-state index in [9.17, 15) is 19.5 Å². The quantitative estimate of drug-likeness (QED) is 0.380. The van der Waals surface area contributed by atoms with Gasteiger partial charge in [0.2, 0.25) is 11.8 Å². The van der Waals surface area contributed by atoms with E-state index in [1.54, 1.807) is 33.7 Å². The number of anilines is 1. The van der Waals surface area contributed by atoms with Gasteiger partial charge in [0.15, 0.2) is 0 Å². The predicted octanol–water partition coefficient (Wildman–Crippen LogP) is 4.36. The minimum atomic E-state index is -0.781. The molecule has 3 aliphatic rings. The highest BCUT2D eigenvalue weighted by Crippen LogP contribution is 2.67. The van der Waals surface area contributed by atoms with Crippen molar-refractivity contribution < 1.29 is 19.5 Å². The number of amides is 3. The monoisotopic (exact) mass is 567 g/mol. The second-order valence-corrected chi connectivity index (χ2v) is 13.5. The molecular formula is C32H45N3O4S. The van der Waals surface area contributed by atoms with Crippen LogP contribution in [-0.2, 0) is 14.4 Å². The Morgan fingerprint density at radius 2 is 1.90 bits per heavy atom. The Morgan fingerprint density at radius 1 is 1.20 bits per heavy atom. The summed E-state index contributed by atoms with van der Waals surface area (Å²) in [5, 5.41) is 10.5. The molecule has 3 saturated heterocycles. The number of aryl methyl sites for hydroxylation is 2. The van der Waals surface area contributed by atoms with Crippen LogP contribution in [0.15, 0.2) is 43.5 Å². The van der Waals surface area contributed by atoms with E-state index in [0.717, 1.165) is 29.7 Å². The molecule has 1 aromatic rings.